The topological polar surface area (TPSA) is 138 Å². The minimum absolute atomic E-state index is 0.224. The molecule has 0 aliphatic carbocycles. The molecule has 2 heterocycles. The number of anilines is 1. The summed E-state index contributed by atoms with van der Waals surface area (Å²) in [4.78, 5) is 16.4. The summed E-state index contributed by atoms with van der Waals surface area (Å²) in [6, 6.07) is 7.74. The molecule has 11 heteroatoms. The maximum absolute atomic E-state index is 12.3. The highest BCUT2D eigenvalue weighted by Gasteiger charge is 2.37. The molecule has 0 radical (unpaired) electrons. The first-order valence-electron chi connectivity index (χ1n) is 7.61. The van der Waals surface area contributed by atoms with E-state index in [1.807, 2.05) is 6.07 Å². The van der Waals surface area contributed by atoms with Crippen molar-refractivity contribution in [1.82, 2.24) is 9.29 Å². The molecule has 3 N–H and O–H groups in total. The van der Waals surface area contributed by atoms with Crippen molar-refractivity contribution in [2.45, 2.75) is 18.9 Å². The zero-order chi connectivity index (χ0) is 18.7. The number of nitrogens with zero attached hydrogens (tertiary/aromatic N) is 3. The van der Waals surface area contributed by atoms with Crippen LogP contribution in [0.25, 0.3) is 0 Å². The summed E-state index contributed by atoms with van der Waals surface area (Å²) < 4.78 is 29.6. The maximum Gasteiger partial charge on any atom is 0.277 e. The van der Waals surface area contributed by atoms with Crippen LogP contribution in [-0.4, -0.2) is 36.2 Å². The Morgan fingerprint density at radius 2 is 2.15 bits per heavy atom. The van der Waals surface area contributed by atoms with E-state index in [-0.39, 0.29) is 6.54 Å². The van der Waals surface area contributed by atoms with Crippen molar-refractivity contribution in [3.63, 3.8) is 0 Å². The van der Waals surface area contributed by atoms with E-state index in [1.165, 1.54) is 6.20 Å². The van der Waals surface area contributed by atoms with Crippen molar-refractivity contribution < 1.29 is 17.9 Å². The van der Waals surface area contributed by atoms with Gasteiger partial charge in [0.15, 0.2) is 5.13 Å². The number of hydrogen-bond donors (Lipinski definition) is 2. The zero-order valence-corrected chi connectivity index (χ0v) is 15.1. The van der Waals surface area contributed by atoms with Crippen molar-refractivity contribution in [3.05, 3.63) is 36.0 Å². The summed E-state index contributed by atoms with van der Waals surface area (Å²) in [6.07, 6.45) is 2.42. The number of carbonyl (C=O) groups excluding carboxylic acids is 1. The smallest absolute Gasteiger partial charge is 0.277 e. The molecule has 136 valence electrons. The summed E-state index contributed by atoms with van der Waals surface area (Å²) in [6.45, 7) is 0.224. The third-order valence-electron chi connectivity index (χ3n) is 3.75. The quantitative estimate of drug-likeness (QED) is 0.787. The lowest BCUT2D eigenvalue weighted by Gasteiger charge is -2.20. The number of carbonyl (C=O) groups is 1. The third-order valence-corrected chi connectivity index (χ3v) is 5.63. The van der Waals surface area contributed by atoms with E-state index in [4.69, 9.17) is 15.1 Å². The van der Waals surface area contributed by atoms with Crippen LogP contribution in [0.2, 0.25) is 0 Å². The first-order valence-corrected chi connectivity index (χ1v) is 9.93. The number of nitrogens with one attached hydrogen (secondary N) is 1. The van der Waals surface area contributed by atoms with Gasteiger partial charge >= 0.3 is 0 Å². The highest BCUT2D eigenvalue weighted by molar-refractivity contribution is 7.86. The number of aromatic nitrogens is 1. The molecule has 1 aromatic heterocycles. The molecular weight excluding hydrogens is 378 g/mol. The van der Waals surface area contributed by atoms with Crippen molar-refractivity contribution in [3.8, 4) is 16.9 Å². The first kappa shape index (κ1) is 18.3. The minimum Gasteiger partial charge on any atom is -0.445 e. The SMILES string of the molecule is N#Cc1ccc(Oc2cnc(NC(=O)C3CCCN3S(N)(=O)=O)s2)cc1. The minimum atomic E-state index is -3.92. The number of nitrogens with two attached hydrogens (primary N) is 1. The molecule has 0 bridgehead atoms. The van der Waals surface area contributed by atoms with Crippen LogP contribution in [0.3, 0.4) is 0 Å². The van der Waals surface area contributed by atoms with Crippen LogP contribution >= 0.6 is 11.3 Å². The Kier molecular flexibility index (Phi) is 5.19. The van der Waals surface area contributed by atoms with E-state index in [9.17, 15) is 13.2 Å². The van der Waals surface area contributed by atoms with Gasteiger partial charge in [-0.15, -0.1) is 0 Å². The lowest BCUT2D eigenvalue weighted by molar-refractivity contribution is -0.119. The Labute approximate surface area is 154 Å². The molecule has 1 amide bonds. The molecule has 1 saturated heterocycles. The monoisotopic (exact) mass is 393 g/mol. The lowest BCUT2D eigenvalue weighted by atomic mass is 10.2. The average molecular weight is 393 g/mol. The first-order chi connectivity index (χ1) is 12.4. The highest BCUT2D eigenvalue weighted by atomic mass is 32.2. The molecule has 1 unspecified atom stereocenters. The van der Waals surface area contributed by atoms with E-state index in [2.05, 4.69) is 10.3 Å². The Morgan fingerprint density at radius 1 is 1.42 bits per heavy atom. The Morgan fingerprint density at radius 3 is 2.81 bits per heavy atom. The second kappa shape index (κ2) is 7.38. The summed E-state index contributed by atoms with van der Waals surface area (Å²) in [5.41, 5.74) is 0.519. The molecule has 1 aromatic carbocycles. The molecule has 2 aromatic rings. The van der Waals surface area contributed by atoms with Gasteiger partial charge in [0.2, 0.25) is 11.0 Å². The number of hydrogen-bond acceptors (Lipinski definition) is 7. The number of rotatable bonds is 5. The van der Waals surface area contributed by atoms with Crippen LogP contribution in [-0.2, 0) is 15.0 Å². The van der Waals surface area contributed by atoms with Crippen molar-refractivity contribution in [2.24, 2.45) is 5.14 Å². The molecule has 1 aliphatic heterocycles. The van der Waals surface area contributed by atoms with Crippen molar-refractivity contribution >= 4 is 32.6 Å². The molecule has 9 nitrogen and oxygen atoms in total. The summed E-state index contributed by atoms with van der Waals surface area (Å²) >= 11 is 1.10. The van der Waals surface area contributed by atoms with E-state index in [0.717, 1.165) is 15.6 Å². The van der Waals surface area contributed by atoms with Crippen LogP contribution in [0.4, 0.5) is 5.13 Å². The number of amides is 1. The van der Waals surface area contributed by atoms with Crippen LogP contribution in [0.1, 0.15) is 18.4 Å². The Bertz CT molecular complexity index is 949. The molecule has 26 heavy (non-hydrogen) atoms. The lowest BCUT2D eigenvalue weighted by Crippen LogP contribution is -2.46. The highest BCUT2D eigenvalue weighted by Crippen LogP contribution is 2.31. The van der Waals surface area contributed by atoms with Gasteiger partial charge in [0.1, 0.15) is 11.8 Å². The van der Waals surface area contributed by atoms with Crippen LogP contribution in [0.5, 0.6) is 10.8 Å². The van der Waals surface area contributed by atoms with Gasteiger partial charge in [0, 0.05) is 6.54 Å². The van der Waals surface area contributed by atoms with Gasteiger partial charge in [0.25, 0.3) is 10.2 Å². The summed E-state index contributed by atoms with van der Waals surface area (Å²) in [5, 5.41) is 17.2. The van der Waals surface area contributed by atoms with Gasteiger partial charge < -0.3 is 10.1 Å². The van der Waals surface area contributed by atoms with Gasteiger partial charge in [-0.05, 0) is 37.1 Å². The van der Waals surface area contributed by atoms with Crippen LogP contribution in [0.15, 0.2) is 30.5 Å². The molecule has 1 fully saturated rings. The van der Waals surface area contributed by atoms with Gasteiger partial charge in [0.05, 0.1) is 17.8 Å². The van der Waals surface area contributed by atoms with Gasteiger partial charge in [-0.25, -0.2) is 10.1 Å². The molecule has 1 atom stereocenters. The van der Waals surface area contributed by atoms with E-state index >= 15 is 0 Å². The molecule has 1 aliphatic rings. The largest absolute Gasteiger partial charge is 0.445 e. The normalized spacial score (nSPS) is 17.6. The van der Waals surface area contributed by atoms with Gasteiger partial charge in [-0.1, -0.05) is 11.3 Å². The van der Waals surface area contributed by atoms with Crippen LogP contribution < -0.4 is 15.2 Å². The summed E-state index contributed by atoms with van der Waals surface area (Å²) in [7, 11) is -3.92. The fourth-order valence-corrected chi connectivity index (χ4v) is 4.20. The Hall–Kier alpha value is -2.52. The van der Waals surface area contributed by atoms with E-state index in [1.54, 1.807) is 24.3 Å². The second-order valence-corrected chi connectivity index (χ2v) is 8.02. The number of ether oxygens (including phenoxy) is 1. The molecule has 0 spiro atoms. The molecule has 0 saturated carbocycles. The van der Waals surface area contributed by atoms with Crippen molar-refractivity contribution in [1.29, 1.82) is 5.26 Å². The fraction of sp³-hybridized carbons (Fsp3) is 0.267. The zero-order valence-electron chi connectivity index (χ0n) is 13.5. The van der Waals surface area contributed by atoms with E-state index < -0.39 is 22.2 Å². The number of benzene rings is 1. The fourth-order valence-electron chi connectivity index (χ4n) is 2.57. The second-order valence-electron chi connectivity index (χ2n) is 5.53. The predicted molar refractivity (Wildman–Crippen MR) is 94.8 cm³/mol. The summed E-state index contributed by atoms with van der Waals surface area (Å²) in [5.74, 6) is 0.0533. The number of nitriles is 1. The van der Waals surface area contributed by atoms with Crippen molar-refractivity contribution in [2.75, 3.05) is 11.9 Å². The Balaban J connectivity index is 1.64. The molecule has 3 rings (SSSR count). The standard InChI is InChI=1S/C15H15N5O4S2/c16-8-10-3-5-11(6-4-10)24-13-9-18-15(25-13)19-14(21)12-2-1-7-20(12)26(17,22)23/h3-6,9,12H,1-2,7H2,(H2,17,22,23)(H,18,19,21). The predicted octanol–water partition coefficient (Wildman–Crippen LogP) is 1.41. The number of thiazole rings is 1. The maximum atomic E-state index is 12.3. The van der Waals surface area contributed by atoms with Crippen LogP contribution in [0, 0.1) is 11.3 Å². The van der Waals surface area contributed by atoms with E-state index in [0.29, 0.717) is 34.3 Å². The van der Waals surface area contributed by atoms with Gasteiger partial charge in [-0.2, -0.15) is 18.0 Å². The molecular formula is C15H15N5O4S2. The van der Waals surface area contributed by atoms with Gasteiger partial charge in [-0.3, -0.25) is 4.79 Å². The third kappa shape index (κ3) is 4.17. The average Bonchev–Trinajstić information content (AvgIpc) is 3.24.